The minimum absolute atomic E-state index is 0.0559. The molecule has 2 rings (SSSR count). The van der Waals surface area contributed by atoms with Gasteiger partial charge in [-0.1, -0.05) is 30.9 Å². The fraction of sp³-hybridized carbons (Fsp3) is 0.500. The molecule has 0 unspecified atom stereocenters. The van der Waals surface area contributed by atoms with Gasteiger partial charge in [0.1, 0.15) is 5.54 Å². The number of hydrogen-bond donors (Lipinski definition) is 2. The van der Waals surface area contributed by atoms with Crippen molar-refractivity contribution >= 4 is 29.4 Å². The number of methoxy groups -OCH3 is 1. The number of ether oxygens (including phenoxy) is 2. The number of nitrogens with two attached hydrogens (primary N) is 1. The highest BCUT2D eigenvalue weighted by molar-refractivity contribution is 6.32. The fourth-order valence-corrected chi connectivity index (χ4v) is 3.61. The highest BCUT2D eigenvalue weighted by Gasteiger charge is 2.45. The Morgan fingerprint density at radius 3 is 2.41 bits per heavy atom. The van der Waals surface area contributed by atoms with E-state index in [-0.39, 0.29) is 22.1 Å². The van der Waals surface area contributed by atoms with Crippen molar-refractivity contribution in [2.75, 3.05) is 20.8 Å². The molecule has 0 atom stereocenters. The van der Waals surface area contributed by atoms with Gasteiger partial charge in [0, 0.05) is 12.6 Å². The number of likely N-dealkylation sites (N-methyl/N-ethyl adjacent to an activating group) is 1. The van der Waals surface area contributed by atoms with E-state index in [0.29, 0.717) is 12.8 Å². The first-order valence-corrected chi connectivity index (χ1v) is 8.91. The van der Waals surface area contributed by atoms with Crippen LogP contribution in [0.2, 0.25) is 5.02 Å². The number of nitrogens with zero attached hydrogens (tertiary/aromatic N) is 1. The molecule has 2 amide bonds. The molecule has 0 spiro atoms. The zero-order chi connectivity index (χ0) is 20.2. The summed E-state index contributed by atoms with van der Waals surface area (Å²) in [5.41, 5.74) is 3.98. The topological polar surface area (TPSA) is 119 Å². The smallest absolute Gasteiger partial charge is 0.329 e. The minimum Gasteiger partial charge on any atom is -0.493 e. The maximum atomic E-state index is 13.0. The Morgan fingerprint density at radius 1 is 1.26 bits per heavy atom. The summed E-state index contributed by atoms with van der Waals surface area (Å²) in [6.07, 6.45) is 3.23. The molecule has 0 aliphatic heterocycles. The number of primary amides is 1. The first-order chi connectivity index (χ1) is 12.7. The number of aliphatic carboxylic acids is 1. The molecule has 1 aliphatic rings. The van der Waals surface area contributed by atoms with Crippen LogP contribution >= 0.6 is 11.6 Å². The Kier molecular flexibility index (Phi) is 6.54. The molecular weight excluding hydrogens is 376 g/mol. The molecule has 0 bridgehead atoms. The molecule has 0 aromatic heterocycles. The van der Waals surface area contributed by atoms with Crippen LogP contribution in [-0.4, -0.2) is 54.1 Å². The Hall–Kier alpha value is -2.48. The van der Waals surface area contributed by atoms with Crippen molar-refractivity contribution in [2.24, 2.45) is 5.73 Å². The summed E-state index contributed by atoms with van der Waals surface area (Å²) in [4.78, 5) is 37.1. The standard InChI is InChI=1S/C18H23ClN2O6/c1-21(18(17(24)25)6-4-3-5-7-18)16(23)11-8-12(19)15(13(9-11)26-2)27-10-14(20)22/h8-9H,3-7,10H2,1-2H3,(H2,20,22)(H,24,25). The molecule has 9 heteroatoms. The van der Waals surface area contributed by atoms with Gasteiger partial charge in [-0.05, 0) is 25.0 Å². The largest absolute Gasteiger partial charge is 0.493 e. The lowest BCUT2D eigenvalue weighted by atomic mass is 9.80. The van der Waals surface area contributed by atoms with Crippen LogP contribution in [0.15, 0.2) is 12.1 Å². The molecule has 1 aromatic carbocycles. The second-order valence-corrected chi connectivity index (χ2v) is 6.91. The quantitative estimate of drug-likeness (QED) is 0.725. The van der Waals surface area contributed by atoms with Crippen molar-refractivity contribution in [3.05, 3.63) is 22.7 Å². The highest BCUT2D eigenvalue weighted by atomic mass is 35.5. The SMILES string of the molecule is COc1cc(C(=O)N(C)C2(C(=O)O)CCCCC2)cc(Cl)c1OCC(N)=O. The monoisotopic (exact) mass is 398 g/mol. The maximum absolute atomic E-state index is 13.0. The Bertz CT molecular complexity index is 746. The van der Waals surface area contributed by atoms with Crippen molar-refractivity contribution in [3.63, 3.8) is 0 Å². The Morgan fingerprint density at radius 2 is 1.89 bits per heavy atom. The molecular formula is C18H23ClN2O6. The van der Waals surface area contributed by atoms with E-state index in [0.717, 1.165) is 19.3 Å². The van der Waals surface area contributed by atoms with Crippen LogP contribution in [0, 0.1) is 0 Å². The van der Waals surface area contributed by atoms with Gasteiger partial charge in [0.25, 0.3) is 11.8 Å². The van der Waals surface area contributed by atoms with Gasteiger partial charge >= 0.3 is 5.97 Å². The van der Waals surface area contributed by atoms with Gasteiger partial charge in [0.2, 0.25) is 0 Å². The van der Waals surface area contributed by atoms with Gasteiger partial charge in [-0.3, -0.25) is 9.59 Å². The third-order valence-corrected chi connectivity index (χ3v) is 5.14. The fourth-order valence-electron chi connectivity index (χ4n) is 3.34. The lowest BCUT2D eigenvalue weighted by Crippen LogP contribution is -2.56. The van der Waals surface area contributed by atoms with Gasteiger partial charge in [-0.15, -0.1) is 0 Å². The number of halogens is 1. The van der Waals surface area contributed by atoms with Crippen molar-refractivity contribution in [2.45, 2.75) is 37.6 Å². The van der Waals surface area contributed by atoms with Gasteiger partial charge in [-0.25, -0.2) is 4.79 Å². The van der Waals surface area contributed by atoms with Crippen LogP contribution in [0.1, 0.15) is 42.5 Å². The molecule has 3 N–H and O–H groups in total. The Balaban J connectivity index is 2.36. The predicted octanol–water partition coefficient (Wildman–Crippen LogP) is 2.07. The zero-order valence-electron chi connectivity index (χ0n) is 15.3. The number of carbonyl (C=O) groups excluding carboxylic acids is 2. The van der Waals surface area contributed by atoms with Crippen molar-refractivity contribution in [1.29, 1.82) is 0 Å². The van der Waals surface area contributed by atoms with E-state index >= 15 is 0 Å². The summed E-state index contributed by atoms with van der Waals surface area (Å²) in [7, 11) is 2.85. The molecule has 1 fully saturated rings. The zero-order valence-corrected chi connectivity index (χ0v) is 16.0. The summed E-state index contributed by atoms with van der Waals surface area (Å²) < 4.78 is 10.4. The number of hydrogen-bond acceptors (Lipinski definition) is 5. The predicted molar refractivity (Wildman–Crippen MR) is 98.2 cm³/mol. The average molecular weight is 399 g/mol. The van der Waals surface area contributed by atoms with E-state index in [9.17, 15) is 19.5 Å². The van der Waals surface area contributed by atoms with E-state index in [1.54, 1.807) is 0 Å². The summed E-state index contributed by atoms with van der Waals surface area (Å²) >= 11 is 6.18. The summed E-state index contributed by atoms with van der Waals surface area (Å²) in [5, 5.41) is 9.82. The molecule has 0 heterocycles. The minimum atomic E-state index is -1.24. The third kappa shape index (κ3) is 4.27. The van der Waals surface area contributed by atoms with Gasteiger partial charge in [-0.2, -0.15) is 0 Å². The van der Waals surface area contributed by atoms with Crippen LogP contribution in [0.5, 0.6) is 11.5 Å². The van der Waals surface area contributed by atoms with E-state index < -0.39 is 29.9 Å². The van der Waals surface area contributed by atoms with Crippen molar-refractivity contribution < 1.29 is 29.0 Å². The second kappa shape index (κ2) is 8.47. The second-order valence-electron chi connectivity index (χ2n) is 6.51. The molecule has 1 saturated carbocycles. The maximum Gasteiger partial charge on any atom is 0.329 e. The molecule has 148 valence electrons. The average Bonchev–Trinajstić information content (AvgIpc) is 2.65. The lowest BCUT2D eigenvalue weighted by Gasteiger charge is -2.41. The molecule has 1 aromatic rings. The van der Waals surface area contributed by atoms with Crippen molar-refractivity contribution in [1.82, 2.24) is 4.90 Å². The normalized spacial score (nSPS) is 15.7. The van der Waals surface area contributed by atoms with Crippen LogP contribution < -0.4 is 15.2 Å². The number of carbonyl (C=O) groups is 3. The summed E-state index contributed by atoms with van der Waals surface area (Å²) in [6, 6.07) is 2.76. The van der Waals surface area contributed by atoms with E-state index in [1.807, 2.05) is 0 Å². The molecule has 27 heavy (non-hydrogen) atoms. The van der Waals surface area contributed by atoms with Crippen LogP contribution in [-0.2, 0) is 9.59 Å². The number of benzene rings is 1. The van der Waals surface area contributed by atoms with Crippen LogP contribution in [0.3, 0.4) is 0 Å². The van der Waals surface area contributed by atoms with E-state index in [2.05, 4.69) is 0 Å². The lowest BCUT2D eigenvalue weighted by molar-refractivity contribution is -0.151. The van der Waals surface area contributed by atoms with Crippen LogP contribution in [0.4, 0.5) is 0 Å². The number of carboxylic acid groups (broad SMARTS) is 1. The molecule has 1 aliphatic carbocycles. The Labute approximate surface area is 162 Å². The first-order valence-electron chi connectivity index (χ1n) is 8.53. The number of rotatable bonds is 7. The van der Waals surface area contributed by atoms with Gasteiger partial charge in [0.15, 0.2) is 18.1 Å². The number of amides is 2. The van der Waals surface area contributed by atoms with Gasteiger partial charge < -0.3 is 25.2 Å². The van der Waals surface area contributed by atoms with E-state index in [1.165, 1.54) is 31.2 Å². The third-order valence-electron chi connectivity index (χ3n) is 4.86. The summed E-state index contributed by atoms with van der Waals surface area (Å²) in [5.74, 6) is -1.96. The molecule has 8 nitrogen and oxygen atoms in total. The number of carboxylic acids is 1. The van der Waals surface area contributed by atoms with Crippen LogP contribution in [0.25, 0.3) is 0 Å². The van der Waals surface area contributed by atoms with E-state index in [4.69, 9.17) is 26.8 Å². The molecule has 0 saturated heterocycles. The molecule has 0 radical (unpaired) electrons. The van der Waals surface area contributed by atoms with Gasteiger partial charge in [0.05, 0.1) is 12.1 Å². The van der Waals surface area contributed by atoms with Crippen molar-refractivity contribution in [3.8, 4) is 11.5 Å². The first kappa shape index (κ1) is 20.8. The summed E-state index contributed by atoms with van der Waals surface area (Å²) in [6.45, 7) is -0.397. The highest BCUT2D eigenvalue weighted by Crippen LogP contribution is 2.38.